The van der Waals surface area contributed by atoms with Crippen LogP contribution in [0.5, 0.6) is 0 Å². The molecule has 126 valence electrons. The van der Waals surface area contributed by atoms with Crippen molar-refractivity contribution >= 4 is 13.7 Å². The molecule has 0 bridgehead atoms. The number of rotatable bonds is 12. The number of aliphatic hydroxyl groups excluding tert-OH is 1. The summed E-state index contributed by atoms with van der Waals surface area (Å²) in [5.74, 6) is -0.301. The average Bonchev–Trinajstić information content (AvgIpc) is 2.41. The standard InChI is InChI=1S/C12H26NO7P/c1-10(2)12(15)13-7-5-4-6-11(8-14)9-19-21(16,17)20-18-3/h10-11,14H,4-9H2,1-3H3,(H,13,15)(H,16,17). The second-order valence-electron chi connectivity index (χ2n) is 5.00. The lowest BCUT2D eigenvalue weighted by Gasteiger charge is -2.16. The summed E-state index contributed by atoms with van der Waals surface area (Å²) in [4.78, 5) is 24.5. The van der Waals surface area contributed by atoms with Crippen LogP contribution in [0.15, 0.2) is 0 Å². The Bertz CT molecular complexity index is 338. The summed E-state index contributed by atoms with van der Waals surface area (Å²) >= 11 is 0. The van der Waals surface area contributed by atoms with Crippen molar-refractivity contribution in [2.45, 2.75) is 33.1 Å². The molecule has 8 nitrogen and oxygen atoms in total. The summed E-state index contributed by atoms with van der Waals surface area (Å²) < 4.78 is 20.0. The number of hydrogen-bond acceptors (Lipinski definition) is 6. The molecule has 0 radical (unpaired) electrons. The van der Waals surface area contributed by atoms with E-state index in [0.29, 0.717) is 13.0 Å². The fraction of sp³-hybridized carbons (Fsp3) is 0.917. The summed E-state index contributed by atoms with van der Waals surface area (Å²) in [7, 11) is -3.12. The molecule has 0 heterocycles. The second-order valence-corrected chi connectivity index (χ2v) is 6.34. The first-order chi connectivity index (χ1) is 9.82. The fourth-order valence-corrected chi connectivity index (χ4v) is 2.15. The molecule has 0 fully saturated rings. The van der Waals surface area contributed by atoms with Crippen LogP contribution in [0.1, 0.15) is 33.1 Å². The Kier molecular flexibility index (Phi) is 10.9. The van der Waals surface area contributed by atoms with Gasteiger partial charge in [0.25, 0.3) is 0 Å². The summed E-state index contributed by atoms with van der Waals surface area (Å²) in [6.45, 7) is 3.95. The Morgan fingerprint density at radius 2 is 2.00 bits per heavy atom. The molecular weight excluding hydrogens is 301 g/mol. The van der Waals surface area contributed by atoms with Crippen LogP contribution in [0, 0.1) is 11.8 Å². The van der Waals surface area contributed by atoms with E-state index in [4.69, 9.17) is 4.89 Å². The lowest BCUT2D eigenvalue weighted by molar-refractivity contribution is -0.199. The quantitative estimate of drug-likeness (QED) is 0.214. The van der Waals surface area contributed by atoms with Gasteiger partial charge in [0.05, 0.1) is 13.7 Å². The van der Waals surface area contributed by atoms with Crippen molar-refractivity contribution < 1.29 is 33.4 Å². The molecule has 21 heavy (non-hydrogen) atoms. The number of hydrogen-bond donors (Lipinski definition) is 3. The van der Waals surface area contributed by atoms with Gasteiger partial charge in [-0.2, -0.15) is 0 Å². The highest BCUT2D eigenvalue weighted by atomic mass is 31.2. The third kappa shape index (κ3) is 10.8. The van der Waals surface area contributed by atoms with E-state index in [1.54, 1.807) is 0 Å². The molecular formula is C12H26NO7P. The number of unbranched alkanes of at least 4 members (excludes halogenated alkanes) is 1. The number of carbonyl (C=O) groups is 1. The number of nitrogens with one attached hydrogen (secondary N) is 1. The summed E-state index contributed by atoms with van der Waals surface area (Å²) in [6, 6.07) is 0. The summed E-state index contributed by atoms with van der Waals surface area (Å²) in [5.41, 5.74) is 0. The molecule has 0 rings (SSSR count). The average molecular weight is 327 g/mol. The largest absolute Gasteiger partial charge is 0.499 e. The molecule has 0 saturated heterocycles. The lowest BCUT2D eigenvalue weighted by Crippen LogP contribution is -2.28. The Balaban J connectivity index is 3.81. The van der Waals surface area contributed by atoms with Crippen LogP contribution in [0.4, 0.5) is 0 Å². The topological polar surface area (TPSA) is 114 Å². The molecule has 3 N–H and O–H groups in total. The summed E-state index contributed by atoms with van der Waals surface area (Å²) in [6.07, 6.45) is 2.13. The molecule has 0 aliphatic rings. The third-order valence-corrected chi connectivity index (χ3v) is 3.58. The van der Waals surface area contributed by atoms with Crippen LogP contribution in [0.3, 0.4) is 0 Å². The van der Waals surface area contributed by atoms with Crippen molar-refractivity contribution in [3.63, 3.8) is 0 Å². The first-order valence-electron chi connectivity index (χ1n) is 6.90. The smallest absolute Gasteiger partial charge is 0.396 e. The maximum atomic E-state index is 11.3. The first kappa shape index (κ1) is 20.5. The predicted octanol–water partition coefficient (Wildman–Crippen LogP) is 1.23. The van der Waals surface area contributed by atoms with Gasteiger partial charge in [-0.1, -0.05) is 20.3 Å². The van der Waals surface area contributed by atoms with Gasteiger partial charge >= 0.3 is 7.82 Å². The highest BCUT2D eigenvalue weighted by molar-refractivity contribution is 7.47. The molecule has 0 aromatic heterocycles. The van der Waals surface area contributed by atoms with Crippen LogP contribution < -0.4 is 5.32 Å². The van der Waals surface area contributed by atoms with Gasteiger partial charge in [0, 0.05) is 25.0 Å². The predicted molar refractivity (Wildman–Crippen MR) is 76.1 cm³/mol. The number of phosphoric ester groups is 1. The van der Waals surface area contributed by atoms with Gasteiger partial charge in [-0.25, -0.2) is 9.45 Å². The van der Waals surface area contributed by atoms with Crippen molar-refractivity contribution in [2.24, 2.45) is 11.8 Å². The monoisotopic (exact) mass is 327 g/mol. The van der Waals surface area contributed by atoms with Gasteiger partial charge in [0.15, 0.2) is 0 Å². The number of aliphatic hydroxyl groups is 1. The van der Waals surface area contributed by atoms with E-state index in [1.807, 2.05) is 13.8 Å². The zero-order valence-electron chi connectivity index (χ0n) is 12.8. The van der Waals surface area contributed by atoms with Crippen molar-refractivity contribution in [1.82, 2.24) is 5.32 Å². The SMILES string of the molecule is COOP(=O)(O)OCC(CO)CCCCNC(=O)C(C)C. The molecule has 0 aromatic carbocycles. The van der Waals surface area contributed by atoms with Crippen LogP contribution in [0.25, 0.3) is 0 Å². The van der Waals surface area contributed by atoms with E-state index >= 15 is 0 Å². The molecule has 0 aliphatic heterocycles. The van der Waals surface area contributed by atoms with Crippen LogP contribution >= 0.6 is 7.82 Å². The van der Waals surface area contributed by atoms with E-state index < -0.39 is 7.82 Å². The number of carbonyl (C=O) groups excluding carboxylic acids is 1. The minimum absolute atomic E-state index is 0.00924. The van der Waals surface area contributed by atoms with Gasteiger partial charge in [-0.3, -0.25) is 9.32 Å². The van der Waals surface area contributed by atoms with Gasteiger partial charge in [0.2, 0.25) is 5.91 Å². The molecule has 9 heteroatoms. The van der Waals surface area contributed by atoms with Gasteiger partial charge in [-0.05, 0) is 12.8 Å². The molecule has 0 aliphatic carbocycles. The third-order valence-electron chi connectivity index (χ3n) is 2.76. The molecule has 0 aromatic rings. The van der Waals surface area contributed by atoms with E-state index in [9.17, 15) is 14.5 Å². The Morgan fingerprint density at radius 1 is 1.33 bits per heavy atom. The maximum Gasteiger partial charge on any atom is 0.499 e. The van der Waals surface area contributed by atoms with Crippen molar-refractivity contribution in [3.8, 4) is 0 Å². The number of amides is 1. The zero-order valence-corrected chi connectivity index (χ0v) is 13.7. The first-order valence-corrected chi connectivity index (χ1v) is 8.40. The van der Waals surface area contributed by atoms with Crippen LogP contribution in [-0.2, 0) is 23.4 Å². The van der Waals surface area contributed by atoms with Crippen molar-refractivity contribution in [3.05, 3.63) is 0 Å². The molecule has 0 spiro atoms. The van der Waals surface area contributed by atoms with Gasteiger partial charge in [0.1, 0.15) is 0 Å². The number of phosphoric acid groups is 1. The normalized spacial score (nSPS) is 15.7. The second kappa shape index (κ2) is 11.1. The lowest BCUT2D eigenvalue weighted by atomic mass is 10.0. The molecule has 2 atom stereocenters. The van der Waals surface area contributed by atoms with Crippen LogP contribution in [0.2, 0.25) is 0 Å². The fourth-order valence-electron chi connectivity index (χ4n) is 1.52. The van der Waals surface area contributed by atoms with Gasteiger partial charge < -0.3 is 15.3 Å². The maximum absolute atomic E-state index is 11.3. The van der Waals surface area contributed by atoms with E-state index in [-0.39, 0.29) is 31.0 Å². The summed E-state index contributed by atoms with van der Waals surface area (Å²) in [5, 5.41) is 12.0. The highest BCUT2D eigenvalue weighted by Crippen LogP contribution is 2.43. The van der Waals surface area contributed by atoms with E-state index in [1.165, 1.54) is 0 Å². The van der Waals surface area contributed by atoms with Crippen molar-refractivity contribution in [2.75, 3.05) is 26.9 Å². The van der Waals surface area contributed by atoms with E-state index in [0.717, 1.165) is 20.0 Å². The molecule has 1 amide bonds. The minimum Gasteiger partial charge on any atom is -0.396 e. The van der Waals surface area contributed by atoms with Crippen molar-refractivity contribution in [1.29, 1.82) is 0 Å². The van der Waals surface area contributed by atoms with Gasteiger partial charge in [-0.15, -0.1) is 4.67 Å². The molecule has 2 unspecified atom stereocenters. The Labute approximate surface area is 125 Å². The Morgan fingerprint density at radius 3 is 2.52 bits per heavy atom. The van der Waals surface area contributed by atoms with E-state index in [2.05, 4.69) is 19.4 Å². The minimum atomic E-state index is -4.22. The van der Waals surface area contributed by atoms with Crippen LogP contribution in [-0.4, -0.2) is 42.8 Å². The highest BCUT2D eigenvalue weighted by Gasteiger charge is 2.24. The Hall–Kier alpha value is -0.500. The molecule has 0 saturated carbocycles. The zero-order chi connectivity index (χ0) is 16.3.